The maximum Gasteiger partial charge on any atom is 0.256 e. The molecule has 170 valence electrons. The zero-order valence-corrected chi connectivity index (χ0v) is 19.3. The number of amides is 1. The van der Waals surface area contributed by atoms with Crippen LogP contribution in [0.5, 0.6) is 0 Å². The fraction of sp³-hybridized carbons (Fsp3) is 0.296. The smallest absolute Gasteiger partial charge is 0.256 e. The highest BCUT2D eigenvalue weighted by Gasteiger charge is 2.32. The Morgan fingerprint density at radius 1 is 1.03 bits per heavy atom. The molecule has 0 aliphatic heterocycles. The van der Waals surface area contributed by atoms with E-state index >= 15 is 0 Å². The molecule has 2 N–H and O–H groups in total. The summed E-state index contributed by atoms with van der Waals surface area (Å²) in [4.78, 5) is 24.8. The third-order valence-corrected chi connectivity index (χ3v) is 5.87. The summed E-state index contributed by atoms with van der Waals surface area (Å²) in [6.07, 6.45) is 4.02. The summed E-state index contributed by atoms with van der Waals surface area (Å²) in [6, 6.07) is 21.9. The van der Waals surface area contributed by atoms with E-state index in [1.165, 1.54) is 5.56 Å². The lowest BCUT2D eigenvalue weighted by molar-refractivity contribution is 0.0604. The normalized spacial score (nSPS) is 12.2. The van der Waals surface area contributed by atoms with E-state index in [-0.39, 0.29) is 17.9 Å². The van der Waals surface area contributed by atoms with Crippen LogP contribution in [0.25, 0.3) is 11.0 Å². The summed E-state index contributed by atoms with van der Waals surface area (Å²) in [5.41, 5.74) is 9.62. The van der Waals surface area contributed by atoms with Crippen LogP contribution in [0.15, 0.2) is 79.1 Å². The van der Waals surface area contributed by atoms with Crippen LogP contribution >= 0.6 is 0 Å². The van der Waals surface area contributed by atoms with Gasteiger partial charge in [-0.1, -0.05) is 56.3 Å². The number of fused-ring (bicyclic) bond motifs is 1. The number of nitrogens with zero attached hydrogens (tertiary/aromatic N) is 4. The molecule has 0 fully saturated rings. The third kappa shape index (κ3) is 4.96. The van der Waals surface area contributed by atoms with E-state index < -0.39 is 0 Å². The van der Waals surface area contributed by atoms with E-state index in [1.807, 2.05) is 47.4 Å². The zero-order valence-electron chi connectivity index (χ0n) is 19.3. The van der Waals surface area contributed by atoms with Gasteiger partial charge in [-0.2, -0.15) is 0 Å². The summed E-state index contributed by atoms with van der Waals surface area (Å²) >= 11 is 0. The van der Waals surface area contributed by atoms with Crippen LogP contribution in [0.4, 0.5) is 0 Å². The van der Waals surface area contributed by atoms with Crippen LogP contribution in [0.2, 0.25) is 0 Å². The first-order valence-corrected chi connectivity index (χ1v) is 11.5. The van der Waals surface area contributed by atoms with Crippen LogP contribution in [-0.2, 0) is 6.54 Å². The molecule has 0 spiro atoms. The Morgan fingerprint density at radius 3 is 2.48 bits per heavy atom. The van der Waals surface area contributed by atoms with Crippen molar-refractivity contribution in [3.05, 3.63) is 96.1 Å². The Hall–Kier alpha value is -3.51. The molecule has 6 nitrogen and oxygen atoms in total. The summed E-state index contributed by atoms with van der Waals surface area (Å²) in [6.45, 7) is 6.04. The van der Waals surface area contributed by atoms with Crippen molar-refractivity contribution in [1.29, 1.82) is 0 Å². The molecule has 1 atom stereocenters. The van der Waals surface area contributed by atoms with E-state index in [1.54, 1.807) is 18.5 Å². The minimum absolute atomic E-state index is 0.0476. The van der Waals surface area contributed by atoms with Crippen molar-refractivity contribution in [2.24, 2.45) is 11.7 Å². The molecule has 0 aliphatic rings. The second-order valence-corrected chi connectivity index (χ2v) is 8.60. The Morgan fingerprint density at radius 2 is 1.79 bits per heavy atom. The van der Waals surface area contributed by atoms with Gasteiger partial charge in [-0.15, -0.1) is 0 Å². The molecule has 0 unspecified atom stereocenters. The zero-order chi connectivity index (χ0) is 23.2. The minimum atomic E-state index is -0.208. The van der Waals surface area contributed by atoms with Crippen molar-refractivity contribution in [3.8, 4) is 0 Å². The average Bonchev–Trinajstić information content (AvgIpc) is 3.20. The predicted molar refractivity (Wildman–Crippen MR) is 132 cm³/mol. The molecule has 0 bridgehead atoms. The Bertz CT molecular complexity index is 1190. The van der Waals surface area contributed by atoms with Crippen LogP contribution < -0.4 is 5.73 Å². The highest BCUT2D eigenvalue weighted by molar-refractivity contribution is 5.94. The summed E-state index contributed by atoms with van der Waals surface area (Å²) in [7, 11) is 0. The fourth-order valence-electron chi connectivity index (χ4n) is 4.33. The molecule has 0 saturated carbocycles. The van der Waals surface area contributed by atoms with Gasteiger partial charge in [0.25, 0.3) is 5.91 Å². The molecule has 2 aromatic heterocycles. The van der Waals surface area contributed by atoms with Crippen molar-refractivity contribution < 1.29 is 4.79 Å². The molecule has 1 amide bonds. The molecule has 0 aliphatic carbocycles. The fourth-order valence-corrected chi connectivity index (χ4v) is 4.33. The van der Waals surface area contributed by atoms with Crippen LogP contribution in [0, 0.1) is 5.92 Å². The number of imidazole rings is 1. The van der Waals surface area contributed by atoms with Crippen molar-refractivity contribution in [2.75, 3.05) is 13.1 Å². The first kappa shape index (κ1) is 22.7. The molecule has 4 aromatic rings. The molecule has 6 heteroatoms. The van der Waals surface area contributed by atoms with Gasteiger partial charge in [-0.05, 0) is 48.7 Å². The van der Waals surface area contributed by atoms with E-state index in [4.69, 9.17) is 10.7 Å². The number of rotatable bonds is 9. The number of para-hydroxylation sites is 2. The number of carbonyl (C=O) groups excluding carboxylic acids is 1. The molecule has 2 heterocycles. The molecule has 0 radical (unpaired) electrons. The average molecular weight is 442 g/mol. The minimum Gasteiger partial charge on any atom is -0.330 e. The Balaban J connectivity index is 1.84. The molecular formula is C27H31N5O. The standard InChI is InChI=1S/C27H31N5O/c1-20(2)25(31(17-9-15-28)27(33)22-12-8-16-29-18-22)26-30-23-13-6-7-14-24(23)32(26)19-21-10-4-3-5-11-21/h3-8,10-14,16,18,20,25H,9,15,17,19,28H2,1-2H3/t25-/m1/s1. The van der Waals surface area contributed by atoms with E-state index in [9.17, 15) is 4.79 Å². The van der Waals surface area contributed by atoms with E-state index in [2.05, 4.69) is 41.6 Å². The van der Waals surface area contributed by atoms with Gasteiger partial charge in [0, 0.05) is 25.5 Å². The van der Waals surface area contributed by atoms with Gasteiger partial charge in [0.15, 0.2) is 0 Å². The maximum atomic E-state index is 13.7. The van der Waals surface area contributed by atoms with Crippen molar-refractivity contribution >= 4 is 16.9 Å². The van der Waals surface area contributed by atoms with Crippen LogP contribution in [0.1, 0.15) is 48.1 Å². The lowest BCUT2D eigenvalue weighted by Gasteiger charge is -2.34. The van der Waals surface area contributed by atoms with Gasteiger partial charge in [0.05, 0.1) is 22.6 Å². The highest BCUT2D eigenvalue weighted by atomic mass is 16.2. The summed E-state index contributed by atoms with van der Waals surface area (Å²) in [5, 5.41) is 0. The topological polar surface area (TPSA) is 77.0 Å². The number of pyridine rings is 1. The third-order valence-electron chi connectivity index (χ3n) is 5.87. The number of nitrogens with two attached hydrogens (primary N) is 1. The highest BCUT2D eigenvalue weighted by Crippen LogP contribution is 2.32. The number of carbonyl (C=O) groups is 1. The van der Waals surface area contributed by atoms with Gasteiger partial charge < -0.3 is 15.2 Å². The molecular weight excluding hydrogens is 410 g/mol. The lowest BCUT2D eigenvalue weighted by Crippen LogP contribution is -2.40. The first-order valence-electron chi connectivity index (χ1n) is 11.5. The maximum absolute atomic E-state index is 13.7. The van der Waals surface area contributed by atoms with E-state index in [0.717, 1.165) is 16.9 Å². The number of hydrogen-bond donors (Lipinski definition) is 1. The second-order valence-electron chi connectivity index (χ2n) is 8.60. The number of benzene rings is 2. The lowest BCUT2D eigenvalue weighted by atomic mass is 9.99. The van der Waals surface area contributed by atoms with E-state index in [0.29, 0.717) is 31.6 Å². The monoisotopic (exact) mass is 441 g/mol. The molecule has 4 rings (SSSR count). The van der Waals surface area contributed by atoms with Crippen molar-refractivity contribution in [2.45, 2.75) is 32.9 Å². The van der Waals surface area contributed by atoms with Crippen molar-refractivity contribution in [1.82, 2.24) is 19.4 Å². The van der Waals surface area contributed by atoms with Gasteiger partial charge >= 0.3 is 0 Å². The molecule has 33 heavy (non-hydrogen) atoms. The predicted octanol–water partition coefficient (Wildman–Crippen LogP) is 4.67. The molecule has 2 aromatic carbocycles. The van der Waals surface area contributed by atoms with Crippen LogP contribution in [0.3, 0.4) is 0 Å². The second kappa shape index (κ2) is 10.4. The Kier molecular flexibility index (Phi) is 7.15. The van der Waals surface area contributed by atoms with Gasteiger partial charge in [-0.25, -0.2) is 4.98 Å². The van der Waals surface area contributed by atoms with Gasteiger partial charge in [0.1, 0.15) is 5.82 Å². The largest absolute Gasteiger partial charge is 0.330 e. The number of hydrogen-bond acceptors (Lipinski definition) is 4. The van der Waals surface area contributed by atoms with Crippen LogP contribution in [-0.4, -0.2) is 38.4 Å². The number of aromatic nitrogens is 3. The van der Waals surface area contributed by atoms with Gasteiger partial charge in [-0.3, -0.25) is 9.78 Å². The summed E-state index contributed by atoms with van der Waals surface area (Å²) < 4.78 is 2.25. The molecule has 0 saturated heterocycles. The van der Waals surface area contributed by atoms with Crippen molar-refractivity contribution in [3.63, 3.8) is 0 Å². The first-order chi connectivity index (χ1) is 16.1. The van der Waals surface area contributed by atoms with Gasteiger partial charge in [0.2, 0.25) is 0 Å². The summed E-state index contributed by atoms with van der Waals surface area (Å²) in [5.74, 6) is 0.993. The Labute approximate surface area is 195 Å². The quantitative estimate of drug-likeness (QED) is 0.410. The SMILES string of the molecule is CC(C)[C@H](c1nc2ccccc2n1Cc1ccccc1)N(CCCN)C(=O)c1cccnc1.